The number of hydrogen-bond acceptors (Lipinski definition) is 5. The maximum absolute atomic E-state index is 12.4. The number of aromatic nitrogens is 2. The number of rotatable bonds is 7. The van der Waals surface area contributed by atoms with E-state index in [2.05, 4.69) is 20.3 Å². The number of ether oxygens (including phenoxy) is 1. The van der Waals surface area contributed by atoms with Gasteiger partial charge in [0.2, 0.25) is 10.0 Å². The Morgan fingerprint density at radius 2 is 2.04 bits per heavy atom. The SMILES string of the molecule is CN=C(NCc1cnn(C)c1)N1CCN(S(=O)(=O)CCOC(C)C)CC1. The molecule has 0 atom stereocenters. The van der Waals surface area contributed by atoms with Crippen molar-refractivity contribution in [2.24, 2.45) is 12.0 Å². The summed E-state index contributed by atoms with van der Waals surface area (Å²) in [6.45, 7) is 6.79. The van der Waals surface area contributed by atoms with Gasteiger partial charge in [0, 0.05) is 58.6 Å². The molecule has 1 aromatic rings. The number of aryl methyl sites for hydroxylation is 1. The average Bonchev–Trinajstić information content (AvgIpc) is 3.01. The smallest absolute Gasteiger partial charge is 0.216 e. The largest absolute Gasteiger partial charge is 0.378 e. The Hall–Kier alpha value is -1.65. The molecule has 1 fully saturated rings. The van der Waals surface area contributed by atoms with Gasteiger partial charge in [-0.05, 0) is 13.8 Å². The molecule has 2 heterocycles. The van der Waals surface area contributed by atoms with E-state index in [-0.39, 0.29) is 18.5 Å². The van der Waals surface area contributed by atoms with Gasteiger partial charge in [0.25, 0.3) is 0 Å². The third-order valence-corrected chi connectivity index (χ3v) is 5.98. The predicted octanol–water partition coefficient (Wildman–Crippen LogP) is -0.132. The maximum atomic E-state index is 12.4. The molecule has 1 aliphatic heterocycles. The van der Waals surface area contributed by atoms with Gasteiger partial charge in [-0.15, -0.1) is 0 Å². The van der Waals surface area contributed by atoms with Crippen molar-refractivity contribution in [3.8, 4) is 0 Å². The van der Waals surface area contributed by atoms with Crippen LogP contribution >= 0.6 is 0 Å². The fourth-order valence-electron chi connectivity index (χ4n) is 2.77. The van der Waals surface area contributed by atoms with Crippen LogP contribution < -0.4 is 5.32 Å². The number of aliphatic imine (C=N–C) groups is 1. The second-order valence-corrected chi connectivity index (χ2v) is 8.63. The fourth-order valence-corrected chi connectivity index (χ4v) is 4.06. The molecule has 0 bridgehead atoms. The molecule has 1 saturated heterocycles. The summed E-state index contributed by atoms with van der Waals surface area (Å²) >= 11 is 0. The van der Waals surface area contributed by atoms with Crippen LogP contribution in [-0.4, -0.2) is 85.1 Å². The summed E-state index contributed by atoms with van der Waals surface area (Å²) in [6, 6.07) is 0. The summed E-state index contributed by atoms with van der Waals surface area (Å²) in [7, 11) is 0.336. The lowest BCUT2D eigenvalue weighted by molar-refractivity contribution is 0.0904. The van der Waals surface area contributed by atoms with Crippen LogP contribution in [0.1, 0.15) is 19.4 Å². The van der Waals surface area contributed by atoms with Crippen LogP contribution in [0, 0.1) is 0 Å². The summed E-state index contributed by atoms with van der Waals surface area (Å²) in [5.74, 6) is 0.799. The highest BCUT2D eigenvalue weighted by Gasteiger charge is 2.27. The van der Waals surface area contributed by atoms with Crippen LogP contribution in [0.25, 0.3) is 0 Å². The van der Waals surface area contributed by atoms with Crippen LogP contribution in [0.3, 0.4) is 0 Å². The van der Waals surface area contributed by atoms with Crippen LogP contribution in [-0.2, 0) is 28.4 Å². The highest BCUT2D eigenvalue weighted by atomic mass is 32.2. The summed E-state index contributed by atoms with van der Waals surface area (Å²) in [5.41, 5.74) is 1.07. The van der Waals surface area contributed by atoms with Crippen molar-refractivity contribution in [3.05, 3.63) is 18.0 Å². The molecule has 148 valence electrons. The zero-order valence-electron chi connectivity index (χ0n) is 16.1. The molecule has 0 spiro atoms. The normalized spacial score (nSPS) is 17.1. The van der Waals surface area contributed by atoms with E-state index >= 15 is 0 Å². The Labute approximate surface area is 156 Å². The number of guanidine groups is 1. The van der Waals surface area contributed by atoms with Crippen LogP contribution in [0.15, 0.2) is 17.4 Å². The number of sulfonamides is 1. The summed E-state index contributed by atoms with van der Waals surface area (Å²) in [4.78, 5) is 6.38. The molecule has 10 heteroatoms. The van der Waals surface area contributed by atoms with E-state index in [9.17, 15) is 8.42 Å². The Kier molecular flexibility index (Phi) is 7.42. The Morgan fingerprint density at radius 1 is 1.35 bits per heavy atom. The molecule has 1 N–H and O–H groups in total. The number of piperazine rings is 1. The zero-order valence-corrected chi connectivity index (χ0v) is 16.9. The fraction of sp³-hybridized carbons (Fsp3) is 0.750. The molecule has 0 aromatic carbocycles. The van der Waals surface area contributed by atoms with Crippen molar-refractivity contribution < 1.29 is 13.2 Å². The second kappa shape index (κ2) is 9.33. The van der Waals surface area contributed by atoms with Gasteiger partial charge in [0.05, 0.1) is 24.7 Å². The molecule has 0 saturated carbocycles. The molecule has 2 rings (SSSR count). The monoisotopic (exact) mass is 386 g/mol. The van der Waals surface area contributed by atoms with Crippen molar-refractivity contribution in [1.29, 1.82) is 0 Å². The van der Waals surface area contributed by atoms with Crippen molar-refractivity contribution in [3.63, 3.8) is 0 Å². The molecule has 1 aromatic heterocycles. The van der Waals surface area contributed by atoms with Crippen LogP contribution in [0.5, 0.6) is 0 Å². The first-order chi connectivity index (χ1) is 12.3. The lowest BCUT2D eigenvalue weighted by Gasteiger charge is -2.35. The van der Waals surface area contributed by atoms with E-state index in [1.807, 2.05) is 33.3 Å². The summed E-state index contributed by atoms with van der Waals surface area (Å²) in [5, 5.41) is 7.45. The van der Waals surface area contributed by atoms with Gasteiger partial charge in [-0.1, -0.05) is 0 Å². The molecule has 26 heavy (non-hydrogen) atoms. The molecule has 0 aliphatic carbocycles. The lowest BCUT2D eigenvalue weighted by atomic mass is 10.3. The van der Waals surface area contributed by atoms with Crippen molar-refractivity contribution in [1.82, 2.24) is 24.3 Å². The quantitative estimate of drug-likeness (QED) is 0.518. The molecule has 0 unspecified atom stereocenters. The van der Waals surface area contributed by atoms with Crippen molar-refractivity contribution >= 4 is 16.0 Å². The van der Waals surface area contributed by atoms with Gasteiger partial charge in [-0.2, -0.15) is 9.40 Å². The predicted molar refractivity (Wildman–Crippen MR) is 101 cm³/mol. The Balaban J connectivity index is 1.82. The van der Waals surface area contributed by atoms with Gasteiger partial charge < -0.3 is 15.0 Å². The zero-order chi connectivity index (χ0) is 19.2. The minimum atomic E-state index is -3.28. The first-order valence-corrected chi connectivity index (χ1v) is 10.5. The van der Waals surface area contributed by atoms with Crippen LogP contribution in [0.4, 0.5) is 0 Å². The van der Waals surface area contributed by atoms with Gasteiger partial charge in [0.1, 0.15) is 0 Å². The highest BCUT2D eigenvalue weighted by Crippen LogP contribution is 2.09. The Morgan fingerprint density at radius 3 is 2.58 bits per heavy atom. The van der Waals surface area contributed by atoms with E-state index in [0.29, 0.717) is 32.7 Å². The molecular formula is C16H30N6O3S. The van der Waals surface area contributed by atoms with Crippen LogP contribution in [0.2, 0.25) is 0 Å². The first-order valence-electron chi connectivity index (χ1n) is 8.84. The van der Waals surface area contributed by atoms with Gasteiger partial charge >= 0.3 is 0 Å². The Bertz CT molecular complexity index is 693. The van der Waals surface area contributed by atoms with E-state index in [1.165, 1.54) is 0 Å². The standard InChI is InChI=1S/C16H30N6O3S/c1-14(2)25-9-10-26(23,24)22-7-5-21(6-8-22)16(17-3)18-11-15-12-19-20(4)13-15/h12-14H,5-11H2,1-4H3,(H,17,18). The minimum Gasteiger partial charge on any atom is -0.378 e. The maximum Gasteiger partial charge on any atom is 0.216 e. The topological polar surface area (TPSA) is 92.1 Å². The molecule has 1 aliphatic rings. The second-order valence-electron chi connectivity index (χ2n) is 6.54. The lowest BCUT2D eigenvalue weighted by Crippen LogP contribution is -2.54. The van der Waals surface area contributed by atoms with Gasteiger partial charge in [0.15, 0.2) is 5.96 Å². The van der Waals surface area contributed by atoms with Gasteiger partial charge in [-0.3, -0.25) is 9.67 Å². The minimum absolute atomic E-state index is 0.0269. The molecule has 9 nitrogen and oxygen atoms in total. The van der Waals surface area contributed by atoms with E-state index in [0.717, 1.165) is 11.5 Å². The number of hydrogen-bond donors (Lipinski definition) is 1. The molecule has 0 amide bonds. The van der Waals surface area contributed by atoms with Gasteiger partial charge in [-0.25, -0.2) is 8.42 Å². The van der Waals surface area contributed by atoms with Crippen molar-refractivity contribution in [2.45, 2.75) is 26.5 Å². The third-order valence-electron chi connectivity index (χ3n) is 4.14. The van der Waals surface area contributed by atoms with Crippen molar-refractivity contribution in [2.75, 3.05) is 45.6 Å². The van der Waals surface area contributed by atoms with E-state index in [4.69, 9.17) is 4.74 Å². The number of nitrogens with zero attached hydrogens (tertiary/aromatic N) is 5. The first kappa shape index (κ1) is 20.7. The summed E-state index contributed by atoms with van der Waals surface area (Å²) < 4.78 is 33.5. The van der Waals surface area contributed by atoms with E-state index in [1.54, 1.807) is 16.0 Å². The number of nitrogens with one attached hydrogen (secondary N) is 1. The molecule has 0 radical (unpaired) electrons. The van der Waals surface area contributed by atoms with E-state index < -0.39 is 10.0 Å². The highest BCUT2D eigenvalue weighted by molar-refractivity contribution is 7.89. The third kappa shape index (κ3) is 5.96. The molecular weight excluding hydrogens is 356 g/mol. The summed E-state index contributed by atoms with van der Waals surface area (Å²) in [6.07, 6.45) is 3.80. The average molecular weight is 387 g/mol.